The number of aliphatic hydroxyl groups is 1. The van der Waals surface area contributed by atoms with E-state index in [1.54, 1.807) is 0 Å². The highest BCUT2D eigenvalue weighted by molar-refractivity contribution is 4.74. The van der Waals surface area contributed by atoms with E-state index in [4.69, 9.17) is 15.6 Å². The van der Waals surface area contributed by atoms with Crippen LogP contribution in [0.1, 0.15) is 34.1 Å². The Morgan fingerprint density at radius 1 is 1.21 bits per heavy atom. The average molecular weight is 203 g/mol. The van der Waals surface area contributed by atoms with E-state index in [0.29, 0.717) is 19.8 Å². The maximum absolute atomic E-state index is 9.03. The third kappa shape index (κ3) is 4.94. The quantitative estimate of drug-likeness (QED) is 0.657. The predicted octanol–water partition coefficient (Wildman–Crippen LogP) is 1.40. The second-order valence-corrected chi connectivity index (χ2v) is 5.18. The van der Waals surface area contributed by atoms with Crippen LogP contribution in [0.4, 0.5) is 0 Å². The summed E-state index contributed by atoms with van der Waals surface area (Å²) >= 11 is 0. The van der Waals surface area contributed by atoms with Crippen LogP contribution >= 0.6 is 0 Å². The van der Waals surface area contributed by atoms with Gasteiger partial charge in [-0.05, 0) is 13.0 Å². The number of nitrogens with two attached hydrogens (primary N) is 1. The molecule has 1 unspecified atom stereocenters. The molecule has 0 bridgehead atoms. The summed E-state index contributed by atoms with van der Waals surface area (Å²) in [4.78, 5) is 0. The molecule has 0 aliphatic carbocycles. The molecule has 86 valence electrons. The molecule has 0 aromatic rings. The summed E-state index contributed by atoms with van der Waals surface area (Å²) in [6.07, 6.45) is 1.02. The van der Waals surface area contributed by atoms with Gasteiger partial charge in [0.05, 0.1) is 19.8 Å². The first-order chi connectivity index (χ1) is 6.39. The molecule has 0 saturated heterocycles. The molecule has 0 spiro atoms. The third-order valence-electron chi connectivity index (χ3n) is 2.72. The van der Waals surface area contributed by atoms with Crippen LogP contribution in [0.25, 0.3) is 0 Å². The van der Waals surface area contributed by atoms with E-state index in [0.717, 1.165) is 6.42 Å². The maximum atomic E-state index is 9.03. The Hall–Kier alpha value is -0.120. The molecule has 14 heavy (non-hydrogen) atoms. The lowest BCUT2D eigenvalue weighted by atomic mass is 9.88. The van der Waals surface area contributed by atoms with Gasteiger partial charge >= 0.3 is 0 Å². The number of rotatable bonds is 7. The monoisotopic (exact) mass is 203 g/mol. The van der Waals surface area contributed by atoms with E-state index >= 15 is 0 Å². The van der Waals surface area contributed by atoms with Gasteiger partial charge in [0, 0.05) is 10.8 Å². The summed E-state index contributed by atoms with van der Waals surface area (Å²) in [6, 6.07) is 0. The van der Waals surface area contributed by atoms with E-state index in [9.17, 15) is 0 Å². The van der Waals surface area contributed by atoms with Crippen molar-refractivity contribution in [2.24, 2.45) is 16.6 Å². The molecule has 0 aliphatic rings. The van der Waals surface area contributed by atoms with Crippen molar-refractivity contribution in [3.05, 3.63) is 0 Å². The standard InChI is InChI=1S/C11H25NO2/c1-5-11(4,6-12)9-14-8-10(2,3)7-13/h13H,5-9,12H2,1-4H3. The van der Waals surface area contributed by atoms with Gasteiger partial charge in [-0.2, -0.15) is 0 Å². The lowest BCUT2D eigenvalue weighted by molar-refractivity contribution is -0.00895. The summed E-state index contributed by atoms with van der Waals surface area (Å²) < 4.78 is 5.60. The molecule has 3 N–H and O–H groups in total. The highest BCUT2D eigenvalue weighted by atomic mass is 16.5. The van der Waals surface area contributed by atoms with E-state index in [2.05, 4.69) is 13.8 Å². The van der Waals surface area contributed by atoms with E-state index in [1.165, 1.54) is 0 Å². The van der Waals surface area contributed by atoms with E-state index in [-0.39, 0.29) is 17.4 Å². The third-order valence-corrected chi connectivity index (χ3v) is 2.72. The van der Waals surface area contributed by atoms with Crippen molar-refractivity contribution >= 4 is 0 Å². The van der Waals surface area contributed by atoms with Gasteiger partial charge in [-0.25, -0.2) is 0 Å². The SMILES string of the molecule is CCC(C)(CN)COCC(C)(C)CO. The molecule has 0 aromatic heterocycles. The van der Waals surface area contributed by atoms with Crippen molar-refractivity contribution in [1.29, 1.82) is 0 Å². The summed E-state index contributed by atoms with van der Waals surface area (Å²) in [5, 5.41) is 9.03. The van der Waals surface area contributed by atoms with Gasteiger partial charge < -0.3 is 15.6 Å². The average Bonchev–Trinajstić information content (AvgIpc) is 2.17. The molecule has 0 rings (SSSR count). The van der Waals surface area contributed by atoms with Crippen molar-refractivity contribution in [2.45, 2.75) is 34.1 Å². The van der Waals surface area contributed by atoms with Crippen LogP contribution in [-0.4, -0.2) is 31.5 Å². The summed E-state index contributed by atoms with van der Waals surface area (Å²) in [7, 11) is 0. The Labute approximate surface area is 87.6 Å². The Morgan fingerprint density at radius 2 is 1.79 bits per heavy atom. The fourth-order valence-electron chi connectivity index (χ4n) is 0.925. The fraction of sp³-hybridized carbons (Fsp3) is 1.00. The Kier molecular flexibility index (Phi) is 5.64. The fourth-order valence-corrected chi connectivity index (χ4v) is 0.925. The number of hydrogen-bond acceptors (Lipinski definition) is 3. The molecule has 0 heterocycles. The maximum Gasteiger partial charge on any atom is 0.0539 e. The number of ether oxygens (including phenoxy) is 1. The second kappa shape index (κ2) is 5.69. The smallest absolute Gasteiger partial charge is 0.0539 e. The van der Waals surface area contributed by atoms with Gasteiger partial charge in [0.15, 0.2) is 0 Å². The molecule has 3 heteroatoms. The minimum atomic E-state index is -0.150. The van der Waals surface area contributed by atoms with Crippen LogP contribution in [0.5, 0.6) is 0 Å². The molecule has 0 aromatic carbocycles. The van der Waals surface area contributed by atoms with Crippen molar-refractivity contribution < 1.29 is 9.84 Å². The first kappa shape index (κ1) is 13.9. The molecular formula is C11H25NO2. The largest absolute Gasteiger partial charge is 0.396 e. The van der Waals surface area contributed by atoms with Crippen LogP contribution in [0.15, 0.2) is 0 Å². The van der Waals surface area contributed by atoms with Gasteiger partial charge in [0.25, 0.3) is 0 Å². The second-order valence-electron chi connectivity index (χ2n) is 5.18. The molecule has 0 radical (unpaired) electrons. The highest BCUT2D eigenvalue weighted by Crippen LogP contribution is 2.21. The van der Waals surface area contributed by atoms with Gasteiger partial charge in [-0.3, -0.25) is 0 Å². The van der Waals surface area contributed by atoms with E-state index in [1.807, 2.05) is 13.8 Å². The highest BCUT2D eigenvalue weighted by Gasteiger charge is 2.23. The van der Waals surface area contributed by atoms with Gasteiger partial charge in [-0.1, -0.05) is 27.7 Å². The first-order valence-corrected chi connectivity index (χ1v) is 5.28. The van der Waals surface area contributed by atoms with Crippen LogP contribution in [-0.2, 0) is 4.74 Å². The van der Waals surface area contributed by atoms with Crippen molar-refractivity contribution in [2.75, 3.05) is 26.4 Å². The Morgan fingerprint density at radius 3 is 2.14 bits per heavy atom. The predicted molar refractivity (Wildman–Crippen MR) is 59.1 cm³/mol. The molecule has 1 atom stereocenters. The summed E-state index contributed by atoms with van der Waals surface area (Å²) in [5.74, 6) is 0. The normalized spacial score (nSPS) is 16.7. The topological polar surface area (TPSA) is 55.5 Å². The summed E-state index contributed by atoms with van der Waals surface area (Å²) in [6.45, 7) is 10.3. The first-order valence-electron chi connectivity index (χ1n) is 5.28. The lowest BCUT2D eigenvalue weighted by Crippen LogP contribution is -2.34. The Balaban J connectivity index is 3.83. The van der Waals surface area contributed by atoms with Crippen molar-refractivity contribution in [3.8, 4) is 0 Å². The van der Waals surface area contributed by atoms with Gasteiger partial charge in [0.2, 0.25) is 0 Å². The molecule has 0 saturated carbocycles. The van der Waals surface area contributed by atoms with Gasteiger partial charge in [0.1, 0.15) is 0 Å². The zero-order valence-electron chi connectivity index (χ0n) is 9.97. The van der Waals surface area contributed by atoms with Gasteiger partial charge in [-0.15, -0.1) is 0 Å². The number of aliphatic hydroxyl groups excluding tert-OH is 1. The number of hydrogen-bond donors (Lipinski definition) is 2. The van der Waals surface area contributed by atoms with E-state index < -0.39 is 0 Å². The Bertz CT molecular complexity index is 153. The van der Waals surface area contributed by atoms with Crippen molar-refractivity contribution in [3.63, 3.8) is 0 Å². The van der Waals surface area contributed by atoms with Crippen LogP contribution < -0.4 is 5.73 Å². The zero-order valence-corrected chi connectivity index (χ0v) is 9.97. The summed E-state index contributed by atoms with van der Waals surface area (Å²) in [5.41, 5.74) is 5.60. The molecular weight excluding hydrogens is 178 g/mol. The van der Waals surface area contributed by atoms with Crippen LogP contribution in [0.3, 0.4) is 0 Å². The minimum absolute atomic E-state index is 0.0749. The zero-order chi connectivity index (χ0) is 11.2. The molecule has 0 aliphatic heterocycles. The molecule has 3 nitrogen and oxygen atoms in total. The molecule has 0 fully saturated rings. The lowest BCUT2D eigenvalue weighted by Gasteiger charge is -2.29. The van der Waals surface area contributed by atoms with Crippen molar-refractivity contribution in [1.82, 2.24) is 0 Å². The van der Waals surface area contributed by atoms with Crippen LogP contribution in [0, 0.1) is 10.8 Å². The molecule has 0 amide bonds. The minimum Gasteiger partial charge on any atom is -0.396 e. The van der Waals surface area contributed by atoms with Crippen LogP contribution in [0.2, 0.25) is 0 Å².